The first-order chi connectivity index (χ1) is 13.4. The average molecular weight is 380 g/mol. The number of para-hydroxylation sites is 1. The van der Waals surface area contributed by atoms with Crippen molar-refractivity contribution in [3.05, 3.63) is 68.9 Å². The second-order valence-electron chi connectivity index (χ2n) is 6.79. The number of hydrogen-bond donors (Lipinski definition) is 1. The number of ether oxygens (including phenoxy) is 1. The smallest absolute Gasteiger partial charge is 0.349 e. The number of aromatic amines is 1. The van der Waals surface area contributed by atoms with E-state index in [1.54, 1.807) is 24.3 Å². The van der Waals surface area contributed by atoms with Gasteiger partial charge in [0.25, 0.3) is 5.56 Å². The van der Waals surface area contributed by atoms with Crippen molar-refractivity contribution < 1.29 is 4.74 Å². The number of hydrogen-bond acceptors (Lipinski definition) is 5. The summed E-state index contributed by atoms with van der Waals surface area (Å²) in [6, 6.07) is 12.5. The Morgan fingerprint density at radius 3 is 2.68 bits per heavy atom. The van der Waals surface area contributed by atoms with E-state index in [2.05, 4.69) is 10.1 Å². The molecule has 0 unspecified atom stereocenters. The summed E-state index contributed by atoms with van der Waals surface area (Å²) >= 11 is 0. The van der Waals surface area contributed by atoms with Gasteiger partial charge in [0.05, 0.1) is 23.2 Å². The maximum Gasteiger partial charge on any atom is 0.349 e. The Morgan fingerprint density at radius 1 is 1.21 bits per heavy atom. The quantitative estimate of drug-likeness (QED) is 0.667. The van der Waals surface area contributed by atoms with Gasteiger partial charge >= 0.3 is 5.69 Å². The summed E-state index contributed by atoms with van der Waals surface area (Å²) < 4.78 is 6.84. The molecule has 0 aliphatic heterocycles. The van der Waals surface area contributed by atoms with Crippen LogP contribution in [0.25, 0.3) is 10.9 Å². The molecule has 0 fully saturated rings. The van der Waals surface area contributed by atoms with Gasteiger partial charge in [0, 0.05) is 31.4 Å². The van der Waals surface area contributed by atoms with Gasteiger partial charge in [-0.15, -0.1) is 4.68 Å². The molecule has 1 aromatic heterocycles. The number of benzene rings is 2. The molecular weight excluding hydrogens is 356 g/mol. The highest BCUT2D eigenvalue weighted by molar-refractivity contribution is 5.85. The Balaban J connectivity index is 2.06. The van der Waals surface area contributed by atoms with Crippen molar-refractivity contribution >= 4 is 22.8 Å². The Labute approximate surface area is 162 Å². The Kier molecular flexibility index (Phi) is 5.63. The van der Waals surface area contributed by atoms with Crippen LogP contribution in [0.5, 0.6) is 5.75 Å². The zero-order chi connectivity index (χ0) is 20.3. The molecular formula is C21H24N4O3. The minimum Gasteiger partial charge on any atom is -0.490 e. The van der Waals surface area contributed by atoms with E-state index >= 15 is 0 Å². The lowest BCUT2D eigenvalue weighted by atomic mass is 10.2. The molecule has 146 valence electrons. The van der Waals surface area contributed by atoms with Gasteiger partial charge in [-0.05, 0) is 37.6 Å². The van der Waals surface area contributed by atoms with Crippen LogP contribution in [0.3, 0.4) is 0 Å². The van der Waals surface area contributed by atoms with Gasteiger partial charge in [0.15, 0.2) is 0 Å². The predicted octanol–water partition coefficient (Wildman–Crippen LogP) is 2.82. The van der Waals surface area contributed by atoms with Crippen molar-refractivity contribution in [3.63, 3.8) is 0 Å². The number of nitrogens with zero attached hydrogens (tertiary/aromatic N) is 3. The average Bonchev–Trinajstić information content (AvgIpc) is 2.68. The second-order valence-corrected chi connectivity index (χ2v) is 6.79. The van der Waals surface area contributed by atoms with Crippen molar-refractivity contribution in [2.75, 3.05) is 19.0 Å². The molecule has 3 rings (SSSR count). The van der Waals surface area contributed by atoms with Crippen LogP contribution in [0, 0.1) is 0 Å². The van der Waals surface area contributed by atoms with E-state index in [0.717, 1.165) is 16.8 Å². The van der Waals surface area contributed by atoms with Crippen molar-refractivity contribution in [2.45, 2.75) is 26.4 Å². The van der Waals surface area contributed by atoms with Gasteiger partial charge in [-0.25, -0.2) is 4.79 Å². The molecule has 0 spiro atoms. The molecule has 3 aromatic rings. The summed E-state index contributed by atoms with van der Waals surface area (Å²) in [5.41, 5.74) is 1.10. The molecule has 0 saturated carbocycles. The molecule has 28 heavy (non-hydrogen) atoms. The first-order valence-electron chi connectivity index (χ1n) is 9.17. The molecule has 1 atom stereocenters. The largest absolute Gasteiger partial charge is 0.490 e. The molecule has 1 heterocycles. The number of rotatable bonds is 6. The highest BCUT2D eigenvalue weighted by atomic mass is 16.5. The molecule has 7 nitrogen and oxygen atoms in total. The van der Waals surface area contributed by atoms with Gasteiger partial charge in [-0.3, -0.25) is 4.79 Å². The van der Waals surface area contributed by atoms with Crippen LogP contribution in [-0.2, 0) is 0 Å². The molecule has 0 aliphatic rings. The maximum atomic E-state index is 12.6. The molecule has 0 radical (unpaired) electrons. The summed E-state index contributed by atoms with van der Waals surface area (Å²) in [4.78, 5) is 29.5. The van der Waals surface area contributed by atoms with E-state index in [-0.39, 0.29) is 6.10 Å². The van der Waals surface area contributed by atoms with Crippen molar-refractivity contribution in [1.82, 2.24) is 9.66 Å². The third-order valence-electron chi connectivity index (χ3n) is 4.51. The molecule has 0 aliphatic carbocycles. The van der Waals surface area contributed by atoms with Gasteiger partial charge in [0.2, 0.25) is 0 Å². The zero-order valence-corrected chi connectivity index (χ0v) is 16.5. The van der Waals surface area contributed by atoms with Crippen molar-refractivity contribution in [1.29, 1.82) is 0 Å². The summed E-state index contributed by atoms with van der Waals surface area (Å²) in [6.07, 6.45) is 2.35. The van der Waals surface area contributed by atoms with Gasteiger partial charge in [-0.2, -0.15) is 5.10 Å². The lowest BCUT2D eigenvalue weighted by Gasteiger charge is -2.18. The molecule has 0 amide bonds. The van der Waals surface area contributed by atoms with Gasteiger partial charge in [-0.1, -0.05) is 19.1 Å². The Hall–Kier alpha value is -3.35. The van der Waals surface area contributed by atoms with Crippen LogP contribution in [0.1, 0.15) is 25.8 Å². The van der Waals surface area contributed by atoms with E-state index < -0.39 is 11.2 Å². The number of H-pyrrole nitrogens is 1. The fourth-order valence-corrected chi connectivity index (χ4v) is 2.69. The third kappa shape index (κ3) is 3.98. The third-order valence-corrected chi connectivity index (χ3v) is 4.51. The molecule has 0 bridgehead atoms. The van der Waals surface area contributed by atoms with E-state index in [0.29, 0.717) is 22.2 Å². The summed E-state index contributed by atoms with van der Waals surface area (Å²) in [6.45, 7) is 4.03. The Morgan fingerprint density at radius 2 is 1.96 bits per heavy atom. The van der Waals surface area contributed by atoms with Crippen molar-refractivity contribution in [3.8, 4) is 5.75 Å². The molecule has 7 heteroatoms. The predicted molar refractivity (Wildman–Crippen MR) is 113 cm³/mol. The normalized spacial score (nSPS) is 12.4. The van der Waals surface area contributed by atoms with Crippen LogP contribution in [0.4, 0.5) is 5.69 Å². The summed E-state index contributed by atoms with van der Waals surface area (Å²) in [5.74, 6) is 0.648. The minimum atomic E-state index is -0.589. The minimum absolute atomic E-state index is 0.0244. The van der Waals surface area contributed by atoms with Crippen LogP contribution >= 0.6 is 0 Å². The lowest BCUT2D eigenvalue weighted by molar-refractivity contribution is 0.217. The van der Waals surface area contributed by atoms with Crippen LogP contribution < -0.4 is 20.9 Å². The molecule has 2 aromatic carbocycles. The first-order valence-corrected chi connectivity index (χ1v) is 9.17. The summed E-state index contributed by atoms with van der Waals surface area (Å²) in [5, 5.41) is 4.54. The number of nitrogens with one attached hydrogen (secondary N) is 1. The van der Waals surface area contributed by atoms with Crippen LogP contribution in [-0.4, -0.2) is 36.1 Å². The van der Waals surface area contributed by atoms with E-state index in [1.807, 2.05) is 51.0 Å². The zero-order valence-electron chi connectivity index (χ0n) is 16.5. The number of fused-ring (bicyclic) bond motifs is 1. The highest BCUT2D eigenvalue weighted by Crippen LogP contribution is 2.25. The number of aromatic nitrogens is 2. The topological polar surface area (TPSA) is 79.7 Å². The fourth-order valence-electron chi connectivity index (χ4n) is 2.69. The van der Waals surface area contributed by atoms with E-state index in [4.69, 9.17) is 4.74 Å². The first kappa shape index (κ1) is 19.4. The van der Waals surface area contributed by atoms with Crippen LogP contribution in [0.15, 0.2) is 57.2 Å². The highest BCUT2D eigenvalue weighted by Gasteiger charge is 2.10. The lowest BCUT2D eigenvalue weighted by Crippen LogP contribution is -2.32. The standard InChI is InChI=1S/C21H24N4O3/c1-5-14(2)28-19-12-16(24(3)4)11-10-15(19)13-22-25-20(26)17-8-6-7-9-18(17)23-21(25)27/h6-14H,5H2,1-4H3,(H,23,27)/t14-/m0/s1. The summed E-state index contributed by atoms with van der Waals surface area (Å²) in [7, 11) is 3.90. The van der Waals surface area contributed by atoms with Crippen molar-refractivity contribution in [2.24, 2.45) is 5.10 Å². The van der Waals surface area contributed by atoms with Gasteiger partial charge in [0.1, 0.15) is 5.75 Å². The maximum absolute atomic E-state index is 12.6. The molecule has 0 saturated heterocycles. The molecule has 1 N–H and O–H groups in total. The Bertz CT molecular complexity index is 1130. The van der Waals surface area contributed by atoms with Gasteiger partial charge < -0.3 is 14.6 Å². The number of anilines is 1. The van der Waals surface area contributed by atoms with E-state index in [9.17, 15) is 9.59 Å². The monoisotopic (exact) mass is 380 g/mol. The SMILES string of the molecule is CC[C@H](C)Oc1cc(N(C)C)ccc1C=Nn1c(=O)[nH]c2ccccc2c1=O. The fraction of sp³-hybridized carbons (Fsp3) is 0.286. The van der Waals surface area contributed by atoms with Crippen LogP contribution in [0.2, 0.25) is 0 Å². The van der Waals surface area contributed by atoms with E-state index in [1.165, 1.54) is 6.21 Å². The second kappa shape index (κ2) is 8.12.